The number of amides is 1. The van der Waals surface area contributed by atoms with E-state index < -0.39 is 10.0 Å². The van der Waals surface area contributed by atoms with Crippen LogP contribution < -0.4 is 10.5 Å². The Morgan fingerprint density at radius 3 is 2.35 bits per heavy atom. The first-order chi connectivity index (χ1) is 9.36. The van der Waals surface area contributed by atoms with Gasteiger partial charge in [0.1, 0.15) is 0 Å². The van der Waals surface area contributed by atoms with Crippen LogP contribution in [-0.4, -0.2) is 14.3 Å². The Hall–Kier alpha value is -1.89. The molecule has 1 amide bonds. The van der Waals surface area contributed by atoms with Gasteiger partial charge in [0.25, 0.3) is 5.91 Å². The highest BCUT2D eigenvalue weighted by molar-refractivity contribution is 7.89. The molecule has 2 rings (SSSR count). The average molecular weight is 311 g/mol. The molecule has 5 nitrogen and oxygen atoms in total. The van der Waals surface area contributed by atoms with Crippen molar-refractivity contribution < 1.29 is 13.2 Å². The SMILES string of the molecule is NS(=O)(=O)c1cccc(NC(=O)c2ccc(Cl)cc2)c1. The molecule has 0 aromatic heterocycles. The van der Waals surface area contributed by atoms with Crippen LogP contribution in [0.3, 0.4) is 0 Å². The van der Waals surface area contributed by atoms with Crippen LogP contribution >= 0.6 is 11.6 Å². The summed E-state index contributed by atoms with van der Waals surface area (Å²) in [5.74, 6) is -0.367. The largest absolute Gasteiger partial charge is 0.322 e. The van der Waals surface area contributed by atoms with Gasteiger partial charge in [-0.2, -0.15) is 0 Å². The minimum atomic E-state index is -3.80. The van der Waals surface area contributed by atoms with E-state index in [1.165, 1.54) is 18.2 Å². The van der Waals surface area contributed by atoms with Crippen molar-refractivity contribution in [3.05, 3.63) is 59.1 Å². The van der Waals surface area contributed by atoms with Crippen molar-refractivity contribution in [1.29, 1.82) is 0 Å². The van der Waals surface area contributed by atoms with Gasteiger partial charge in [-0.15, -0.1) is 0 Å². The van der Waals surface area contributed by atoms with E-state index in [0.29, 0.717) is 16.3 Å². The number of benzene rings is 2. The van der Waals surface area contributed by atoms with Crippen molar-refractivity contribution in [2.75, 3.05) is 5.32 Å². The van der Waals surface area contributed by atoms with Crippen LogP contribution in [0, 0.1) is 0 Å². The van der Waals surface area contributed by atoms with Gasteiger partial charge in [0.15, 0.2) is 0 Å². The summed E-state index contributed by atoms with van der Waals surface area (Å²) >= 11 is 5.74. The highest BCUT2D eigenvalue weighted by atomic mass is 35.5. The number of rotatable bonds is 3. The summed E-state index contributed by atoms with van der Waals surface area (Å²) in [6, 6.07) is 12.0. The fourth-order valence-electron chi connectivity index (χ4n) is 1.56. The third kappa shape index (κ3) is 3.57. The molecule has 0 atom stereocenters. The zero-order valence-corrected chi connectivity index (χ0v) is 11.8. The lowest BCUT2D eigenvalue weighted by Crippen LogP contribution is -2.14. The molecule has 0 saturated carbocycles. The molecule has 0 radical (unpaired) electrons. The number of halogens is 1. The molecule has 0 heterocycles. The summed E-state index contributed by atoms with van der Waals surface area (Å²) < 4.78 is 22.5. The number of anilines is 1. The number of hydrogen-bond donors (Lipinski definition) is 2. The van der Waals surface area contributed by atoms with Crippen LogP contribution in [0.25, 0.3) is 0 Å². The fraction of sp³-hybridized carbons (Fsp3) is 0. The number of hydrogen-bond acceptors (Lipinski definition) is 3. The lowest BCUT2D eigenvalue weighted by Gasteiger charge is -2.06. The van der Waals surface area contributed by atoms with E-state index in [1.807, 2.05) is 0 Å². The van der Waals surface area contributed by atoms with Crippen molar-refractivity contribution >= 4 is 33.2 Å². The van der Waals surface area contributed by atoms with E-state index >= 15 is 0 Å². The van der Waals surface area contributed by atoms with Crippen molar-refractivity contribution in [3.63, 3.8) is 0 Å². The normalized spacial score (nSPS) is 11.1. The smallest absolute Gasteiger partial charge is 0.255 e. The molecule has 104 valence electrons. The standard InChI is InChI=1S/C13H11ClN2O3S/c14-10-6-4-9(5-7-10)13(17)16-11-2-1-3-12(8-11)20(15,18)19/h1-8H,(H,16,17)(H2,15,18,19). The Labute approximate surface area is 121 Å². The number of sulfonamides is 1. The predicted octanol–water partition coefficient (Wildman–Crippen LogP) is 2.24. The number of carbonyl (C=O) groups excluding carboxylic acids is 1. The maximum absolute atomic E-state index is 12.0. The highest BCUT2D eigenvalue weighted by Crippen LogP contribution is 2.16. The highest BCUT2D eigenvalue weighted by Gasteiger charge is 2.10. The van der Waals surface area contributed by atoms with E-state index in [2.05, 4.69) is 5.32 Å². The molecule has 2 aromatic rings. The summed E-state index contributed by atoms with van der Waals surface area (Å²) in [5, 5.41) is 8.14. The van der Waals surface area contributed by atoms with Crippen LogP contribution in [0.5, 0.6) is 0 Å². The van der Waals surface area contributed by atoms with Gasteiger partial charge in [0.2, 0.25) is 10.0 Å². The van der Waals surface area contributed by atoms with E-state index in [1.54, 1.807) is 30.3 Å². The van der Waals surface area contributed by atoms with Gasteiger partial charge < -0.3 is 5.32 Å². The molecule has 0 bridgehead atoms. The topological polar surface area (TPSA) is 89.3 Å². The van der Waals surface area contributed by atoms with Crippen LogP contribution in [0.4, 0.5) is 5.69 Å². The molecule has 0 aliphatic carbocycles. The molecule has 0 aliphatic rings. The summed E-state index contributed by atoms with van der Waals surface area (Å²) in [7, 11) is -3.80. The lowest BCUT2D eigenvalue weighted by atomic mass is 10.2. The number of nitrogens with one attached hydrogen (secondary N) is 1. The number of primary sulfonamides is 1. The van der Waals surface area contributed by atoms with Gasteiger partial charge >= 0.3 is 0 Å². The van der Waals surface area contributed by atoms with Crippen LogP contribution in [0.1, 0.15) is 10.4 Å². The minimum absolute atomic E-state index is 0.0635. The summed E-state index contributed by atoms with van der Waals surface area (Å²) in [4.78, 5) is 11.9. The van der Waals surface area contributed by atoms with E-state index in [9.17, 15) is 13.2 Å². The van der Waals surface area contributed by atoms with Gasteiger partial charge in [0.05, 0.1) is 4.90 Å². The number of carbonyl (C=O) groups is 1. The molecule has 2 aromatic carbocycles. The van der Waals surface area contributed by atoms with Crippen molar-refractivity contribution in [1.82, 2.24) is 0 Å². The molecular formula is C13H11ClN2O3S. The summed E-state index contributed by atoms with van der Waals surface area (Å²) in [5.41, 5.74) is 0.756. The van der Waals surface area contributed by atoms with Gasteiger partial charge in [-0.25, -0.2) is 13.6 Å². The van der Waals surface area contributed by atoms with E-state index in [4.69, 9.17) is 16.7 Å². The Kier molecular flexibility index (Phi) is 4.08. The Bertz CT molecular complexity index is 742. The average Bonchev–Trinajstić information content (AvgIpc) is 2.38. The zero-order chi connectivity index (χ0) is 14.8. The van der Waals surface area contributed by atoms with Crippen molar-refractivity contribution in [2.45, 2.75) is 4.90 Å². The van der Waals surface area contributed by atoms with Crippen molar-refractivity contribution in [2.24, 2.45) is 5.14 Å². The second kappa shape index (κ2) is 5.62. The molecule has 3 N–H and O–H groups in total. The maximum Gasteiger partial charge on any atom is 0.255 e. The third-order valence-electron chi connectivity index (χ3n) is 2.53. The predicted molar refractivity (Wildman–Crippen MR) is 77.2 cm³/mol. The van der Waals surface area contributed by atoms with Crippen LogP contribution in [0.2, 0.25) is 5.02 Å². The first kappa shape index (κ1) is 14.5. The van der Waals surface area contributed by atoms with Crippen molar-refractivity contribution in [3.8, 4) is 0 Å². The van der Waals surface area contributed by atoms with Crippen LogP contribution in [0.15, 0.2) is 53.4 Å². The zero-order valence-electron chi connectivity index (χ0n) is 10.2. The quantitative estimate of drug-likeness (QED) is 0.911. The molecule has 0 fully saturated rings. The second-order valence-corrected chi connectivity index (χ2v) is 6.03. The molecule has 0 unspecified atom stereocenters. The molecule has 7 heteroatoms. The molecule has 0 spiro atoms. The second-order valence-electron chi connectivity index (χ2n) is 4.03. The monoisotopic (exact) mass is 310 g/mol. The molecule has 0 aliphatic heterocycles. The summed E-state index contributed by atoms with van der Waals surface area (Å²) in [6.45, 7) is 0. The van der Waals surface area contributed by atoms with Gasteiger partial charge in [-0.1, -0.05) is 17.7 Å². The van der Waals surface area contributed by atoms with Crippen LogP contribution in [-0.2, 0) is 10.0 Å². The third-order valence-corrected chi connectivity index (χ3v) is 3.69. The molecular weight excluding hydrogens is 300 g/mol. The Balaban J connectivity index is 2.22. The molecule has 20 heavy (non-hydrogen) atoms. The van der Waals surface area contributed by atoms with Gasteiger partial charge in [-0.05, 0) is 42.5 Å². The lowest BCUT2D eigenvalue weighted by molar-refractivity contribution is 0.102. The Morgan fingerprint density at radius 1 is 1.10 bits per heavy atom. The fourth-order valence-corrected chi connectivity index (χ4v) is 2.24. The Morgan fingerprint density at radius 2 is 1.75 bits per heavy atom. The molecule has 0 saturated heterocycles. The summed E-state index contributed by atoms with van der Waals surface area (Å²) in [6.07, 6.45) is 0. The maximum atomic E-state index is 12.0. The number of nitrogens with two attached hydrogens (primary N) is 1. The minimum Gasteiger partial charge on any atom is -0.322 e. The van der Waals surface area contributed by atoms with E-state index in [0.717, 1.165) is 0 Å². The first-order valence-electron chi connectivity index (χ1n) is 5.56. The van der Waals surface area contributed by atoms with E-state index in [-0.39, 0.29) is 10.8 Å². The van der Waals surface area contributed by atoms with Gasteiger partial charge in [0, 0.05) is 16.3 Å². The van der Waals surface area contributed by atoms with Gasteiger partial charge in [-0.3, -0.25) is 4.79 Å². The first-order valence-corrected chi connectivity index (χ1v) is 7.48.